The minimum Gasteiger partial charge on any atom is -0.477 e. The van der Waals surface area contributed by atoms with E-state index in [0.717, 1.165) is 29.9 Å². The smallest absolute Gasteiger partial charge is 0.346 e. The molecule has 0 saturated heterocycles. The van der Waals surface area contributed by atoms with Crippen molar-refractivity contribution in [3.8, 4) is 6.07 Å². The summed E-state index contributed by atoms with van der Waals surface area (Å²) in [5, 5.41) is 17.6. The lowest BCUT2D eigenvalue weighted by Crippen LogP contribution is -2.21. The minimum absolute atomic E-state index is 0.251. The predicted molar refractivity (Wildman–Crippen MR) is 76.0 cm³/mol. The van der Waals surface area contributed by atoms with Crippen molar-refractivity contribution in [2.75, 3.05) is 18.0 Å². The van der Waals surface area contributed by atoms with E-state index in [1.807, 2.05) is 25.1 Å². The molecule has 0 radical (unpaired) electrons. The summed E-state index contributed by atoms with van der Waals surface area (Å²) in [6.07, 6.45) is 1.41. The molecular formula is C15H18N2O2. The van der Waals surface area contributed by atoms with Crippen LogP contribution >= 0.6 is 0 Å². The highest BCUT2D eigenvalue weighted by molar-refractivity contribution is 5.96. The minimum atomic E-state index is -1.20. The number of aliphatic carboxylic acids is 1. The second kappa shape index (κ2) is 6.60. The van der Waals surface area contributed by atoms with E-state index in [-0.39, 0.29) is 5.57 Å². The Morgan fingerprint density at radius 3 is 2.47 bits per heavy atom. The largest absolute Gasteiger partial charge is 0.477 e. The maximum absolute atomic E-state index is 10.8. The van der Waals surface area contributed by atoms with Gasteiger partial charge in [-0.1, -0.05) is 6.07 Å². The van der Waals surface area contributed by atoms with Gasteiger partial charge in [0.05, 0.1) is 0 Å². The van der Waals surface area contributed by atoms with Crippen LogP contribution < -0.4 is 4.90 Å². The molecule has 0 saturated carbocycles. The lowest BCUT2D eigenvalue weighted by Gasteiger charge is -2.21. The van der Waals surface area contributed by atoms with Crippen molar-refractivity contribution in [1.82, 2.24) is 0 Å². The summed E-state index contributed by atoms with van der Waals surface area (Å²) >= 11 is 0. The van der Waals surface area contributed by atoms with Gasteiger partial charge < -0.3 is 10.0 Å². The third kappa shape index (κ3) is 3.59. The van der Waals surface area contributed by atoms with Crippen LogP contribution in [-0.4, -0.2) is 24.2 Å². The molecule has 1 N–H and O–H groups in total. The summed E-state index contributed by atoms with van der Waals surface area (Å²) in [5.74, 6) is -1.20. The Labute approximate surface area is 113 Å². The molecule has 0 aliphatic carbocycles. The highest BCUT2D eigenvalue weighted by Crippen LogP contribution is 2.21. The first-order valence-electron chi connectivity index (χ1n) is 6.24. The average Bonchev–Trinajstić information content (AvgIpc) is 2.38. The Kier molecular flexibility index (Phi) is 5.13. The van der Waals surface area contributed by atoms with Gasteiger partial charge in [-0.2, -0.15) is 5.26 Å². The number of nitrogens with zero attached hydrogens (tertiary/aromatic N) is 2. The Morgan fingerprint density at radius 2 is 2.05 bits per heavy atom. The fraction of sp³-hybridized carbons (Fsp3) is 0.333. The second-order valence-corrected chi connectivity index (χ2v) is 4.19. The zero-order valence-electron chi connectivity index (χ0n) is 11.5. The fourth-order valence-electron chi connectivity index (χ4n) is 1.90. The molecule has 1 rings (SSSR count). The molecule has 0 bridgehead atoms. The van der Waals surface area contributed by atoms with E-state index in [0.29, 0.717) is 0 Å². The second-order valence-electron chi connectivity index (χ2n) is 4.19. The van der Waals surface area contributed by atoms with Crippen LogP contribution in [-0.2, 0) is 4.79 Å². The Hall–Kier alpha value is -2.28. The highest BCUT2D eigenvalue weighted by Gasteiger charge is 2.08. The van der Waals surface area contributed by atoms with Crippen LogP contribution in [0.25, 0.3) is 6.08 Å². The van der Waals surface area contributed by atoms with Gasteiger partial charge >= 0.3 is 5.97 Å². The van der Waals surface area contributed by atoms with Crippen LogP contribution in [0.15, 0.2) is 23.8 Å². The normalized spacial score (nSPS) is 10.9. The number of carbonyl (C=O) groups is 1. The van der Waals surface area contributed by atoms with Crippen molar-refractivity contribution < 1.29 is 9.90 Å². The molecule has 0 aromatic heterocycles. The molecule has 0 spiro atoms. The molecule has 0 unspecified atom stereocenters. The molecule has 0 heterocycles. The fourth-order valence-corrected chi connectivity index (χ4v) is 1.90. The maximum Gasteiger partial charge on any atom is 0.346 e. The number of anilines is 1. The third-order valence-corrected chi connectivity index (χ3v) is 3.03. The number of hydrogen-bond donors (Lipinski definition) is 1. The predicted octanol–water partition coefficient (Wildman–Crippen LogP) is 2.83. The number of carboxylic acid groups (broad SMARTS) is 1. The standard InChI is InChI=1S/C15H18N2O2/c1-4-17(5-2)14-7-6-12(11(3)8-14)9-13(10-16)15(18)19/h6-9H,4-5H2,1-3H3,(H,18,19)/b13-9+. The number of hydrogen-bond acceptors (Lipinski definition) is 3. The zero-order chi connectivity index (χ0) is 14.4. The molecule has 0 fully saturated rings. The number of rotatable bonds is 5. The molecule has 100 valence electrons. The molecule has 0 aliphatic heterocycles. The van der Waals surface area contributed by atoms with Gasteiger partial charge in [-0.3, -0.25) is 0 Å². The monoisotopic (exact) mass is 258 g/mol. The number of benzene rings is 1. The molecular weight excluding hydrogens is 240 g/mol. The van der Waals surface area contributed by atoms with Gasteiger partial charge in [0.1, 0.15) is 11.6 Å². The van der Waals surface area contributed by atoms with Crippen LogP contribution in [0.5, 0.6) is 0 Å². The summed E-state index contributed by atoms with van der Waals surface area (Å²) in [5.41, 5.74) is 2.57. The molecule has 0 amide bonds. The Balaban J connectivity index is 3.15. The summed E-state index contributed by atoms with van der Waals surface area (Å²) in [4.78, 5) is 13.0. The van der Waals surface area contributed by atoms with Crippen molar-refractivity contribution >= 4 is 17.7 Å². The lowest BCUT2D eigenvalue weighted by molar-refractivity contribution is -0.132. The van der Waals surface area contributed by atoms with Crippen molar-refractivity contribution in [3.63, 3.8) is 0 Å². The van der Waals surface area contributed by atoms with Crippen LogP contribution in [0, 0.1) is 18.3 Å². The molecule has 4 heteroatoms. The van der Waals surface area contributed by atoms with Crippen LogP contribution in [0.4, 0.5) is 5.69 Å². The number of carboxylic acids is 1. The van der Waals surface area contributed by atoms with E-state index < -0.39 is 5.97 Å². The van der Waals surface area contributed by atoms with Crippen molar-refractivity contribution in [2.24, 2.45) is 0 Å². The summed E-state index contributed by atoms with van der Waals surface area (Å²) in [6.45, 7) is 7.93. The van der Waals surface area contributed by atoms with Gasteiger partial charge in [0.15, 0.2) is 0 Å². The van der Waals surface area contributed by atoms with E-state index in [4.69, 9.17) is 10.4 Å². The number of nitriles is 1. The number of aryl methyl sites for hydroxylation is 1. The van der Waals surface area contributed by atoms with E-state index >= 15 is 0 Å². The summed E-state index contributed by atoms with van der Waals surface area (Å²) in [7, 11) is 0. The van der Waals surface area contributed by atoms with E-state index in [9.17, 15) is 4.79 Å². The van der Waals surface area contributed by atoms with Gasteiger partial charge in [-0.15, -0.1) is 0 Å². The van der Waals surface area contributed by atoms with Gasteiger partial charge in [0.25, 0.3) is 0 Å². The summed E-state index contributed by atoms with van der Waals surface area (Å²) in [6, 6.07) is 7.50. The van der Waals surface area contributed by atoms with E-state index in [2.05, 4.69) is 18.7 Å². The SMILES string of the molecule is CCN(CC)c1ccc(/C=C(\C#N)C(=O)O)c(C)c1. The maximum atomic E-state index is 10.8. The van der Waals surface area contributed by atoms with Gasteiger partial charge in [0.2, 0.25) is 0 Å². The first kappa shape index (κ1) is 14.8. The van der Waals surface area contributed by atoms with Crippen LogP contribution in [0.3, 0.4) is 0 Å². The van der Waals surface area contributed by atoms with Crippen molar-refractivity contribution in [1.29, 1.82) is 5.26 Å². The third-order valence-electron chi connectivity index (χ3n) is 3.03. The average molecular weight is 258 g/mol. The first-order chi connectivity index (χ1) is 9.03. The molecule has 1 aromatic rings. The molecule has 19 heavy (non-hydrogen) atoms. The van der Waals surface area contributed by atoms with E-state index in [1.165, 1.54) is 6.08 Å². The molecule has 0 aliphatic rings. The van der Waals surface area contributed by atoms with Gasteiger partial charge in [-0.05, 0) is 50.1 Å². The van der Waals surface area contributed by atoms with Crippen molar-refractivity contribution in [3.05, 3.63) is 34.9 Å². The zero-order valence-corrected chi connectivity index (χ0v) is 11.5. The molecule has 4 nitrogen and oxygen atoms in total. The summed E-state index contributed by atoms with van der Waals surface area (Å²) < 4.78 is 0. The first-order valence-corrected chi connectivity index (χ1v) is 6.24. The van der Waals surface area contributed by atoms with Crippen molar-refractivity contribution in [2.45, 2.75) is 20.8 Å². The van der Waals surface area contributed by atoms with Gasteiger partial charge in [0, 0.05) is 18.8 Å². The van der Waals surface area contributed by atoms with Crippen LogP contribution in [0.1, 0.15) is 25.0 Å². The molecule has 1 aromatic carbocycles. The Bertz CT molecular complexity index is 538. The lowest BCUT2D eigenvalue weighted by atomic mass is 10.0. The molecule has 0 atom stereocenters. The topological polar surface area (TPSA) is 64.3 Å². The van der Waals surface area contributed by atoms with Gasteiger partial charge in [-0.25, -0.2) is 4.79 Å². The quantitative estimate of drug-likeness (QED) is 0.651. The van der Waals surface area contributed by atoms with E-state index in [1.54, 1.807) is 6.07 Å². The Morgan fingerprint density at radius 1 is 1.42 bits per heavy atom. The van der Waals surface area contributed by atoms with Crippen LogP contribution in [0.2, 0.25) is 0 Å². The highest BCUT2D eigenvalue weighted by atomic mass is 16.4.